The van der Waals surface area contributed by atoms with Crippen LogP contribution < -0.4 is 0 Å². The molecular formula is C12H13NO2S. The van der Waals surface area contributed by atoms with Crippen molar-refractivity contribution in [1.29, 1.82) is 5.26 Å². The molecule has 0 spiro atoms. The first kappa shape index (κ1) is 12.6. The summed E-state index contributed by atoms with van der Waals surface area (Å²) in [6.07, 6.45) is 0.732. The van der Waals surface area contributed by atoms with Crippen LogP contribution in [0.15, 0.2) is 30.3 Å². The lowest BCUT2D eigenvalue weighted by molar-refractivity contribution is -0.140. The highest BCUT2D eigenvalue weighted by atomic mass is 32.2. The van der Waals surface area contributed by atoms with Crippen LogP contribution in [0.5, 0.6) is 0 Å². The highest BCUT2D eigenvalue weighted by Crippen LogP contribution is 2.02. The number of benzene rings is 1. The van der Waals surface area contributed by atoms with Gasteiger partial charge in [0.2, 0.25) is 0 Å². The van der Waals surface area contributed by atoms with Crippen LogP contribution in [-0.2, 0) is 16.0 Å². The highest BCUT2D eigenvalue weighted by Gasteiger charge is 2.02. The molecule has 0 amide bonds. The second-order valence-electron chi connectivity index (χ2n) is 3.11. The fraction of sp³-hybridized carbons (Fsp3) is 0.333. The smallest absolute Gasteiger partial charge is 0.315 e. The van der Waals surface area contributed by atoms with E-state index in [4.69, 9.17) is 10.00 Å². The van der Waals surface area contributed by atoms with Crippen LogP contribution in [0, 0.1) is 11.3 Å². The van der Waals surface area contributed by atoms with Crippen LogP contribution in [0.3, 0.4) is 0 Å². The van der Waals surface area contributed by atoms with E-state index in [-0.39, 0.29) is 11.7 Å². The van der Waals surface area contributed by atoms with Gasteiger partial charge in [-0.05, 0) is 5.56 Å². The van der Waals surface area contributed by atoms with Gasteiger partial charge in [0.1, 0.15) is 0 Å². The molecule has 1 rings (SSSR count). The summed E-state index contributed by atoms with van der Waals surface area (Å²) in [6.45, 7) is 0.399. The van der Waals surface area contributed by atoms with Crippen LogP contribution in [0.4, 0.5) is 0 Å². The van der Waals surface area contributed by atoms with E-state index in [1.54, 1.807) is 0 Å². The molecule has 0 atom stereocenters. The van der Waals surface area contributed by atoms with Gasteiger partial charge in [0.15, 0.2) is 0 Å². The molecule has 0 bridgehead atoms. The summed E-state index contributed by atoms with van der Waals surface area (Å²) >= 11 is 1.27. The van der Waals surface area contributed by atoms with Crippen molar-refractivity contribution in [3.63, 3.8) is 0 Å². The van der Waals surface area contributed by atoms with Gasteiger partial charge in [0.05, 0.1) is 24.2 Å². The van der Waals surface area contributed by atoms with Gasteiger partial charge in [-0.1, -0.05) is 30.3 Å². The molecule has 1 aromatic rings. The maximum atomic E-state index is 11.2. The standard InChI is InChI=1S/C12H13NO2S/c13-7-9-16-10-12(14)15-8-6-11-4-2-1-3-5-11/h1-5H,6,8-10H2. The summed E-state index contributed by atoms with van der Waals surface area (Å²) in [5, 5.41) is 8.28. The molecular weight excluding hydrogens is 222 g/mol. The number of hydrogen-bond acceptors (Lipinski definition) is 4. The summed E-state index contributed by atoms with van der Waals surface area (Å²) in [7, 11) is 0. The Labute approximate surface area is 99.4 Å². The molecule has 0 aliphatic rings. The Hall–Kier alpha value is -1.47. The molecule has 0 saturated carbocycles. The minimum absolute atomic E-state index is 0.252. The Morgan fingerprint density at radius 2 is 2.12 bits per heavy atom. The van der Waals surface area contributed by atoms with Gasteiger partial charge in [-0.3, -0.25) is 4.79 Å². The molecule has 1 aromatic carbocycles. The van der Waals surface area contributed by atoms with Crippen LogP contribution in [-0.4, -0.2) is 24.1 Å². The average Bonchev–Trinajstić information content (AvgIpc) is 2.31. The third-order valence-corrected chi connectivity index (χ3v) is 2.66. The third kappa shape index (κ3) is 5.42. The zero-order chi connectivity index (χ0) is 11.6. The number of hydrogen-bond donors (Lipinski definition) is 0. The largest absolute Gasteiger partial charge is 0.465 e. The Kier molecular flexibility index (Phi) is 6.12. The second-order valence-corrected chi connectivity index (χ2v) is 4.09. The minimum Gasteiger partial charge on any atom is -0.465 e. The zero-order valence-corrected chi connectivity index (χ0v) is 9.70. The van der Waals surface area contributed by atoms with E-state index in [9.17, 15) is 4.79 Å². The fourth-order valence-electron chi connectivity index (χ4n) is 1.15. The molecule has 0 radical (unpaired) electrons. The molecule has 0 aliphatic heterocycles. The zero-order valence-electron chi connectivity index (χ0n) is 8.89. The van der Waals surface area contributed by atoms with Crippen LogP contribution in [0.2, 0.25) is 0 Å². The lowest BCUT2D eigenvalue weighted by Gasteiger charge is -2.03. The van der Waals surface area contributed by atoms with Crippen molar-refractivity contribution >= 4 is 17.7 Å². The summed E-state index contributed by atoms with van der Waals surface area (Å²) < 4.78 is 5.02. The van der Waals surface area contributed by atoms with Crippen molar-refractivity contribution in [1.82, 2.24) is 0 Å². The number of thioether (sulfide) groups is 1. The summed E-state index contributed by atoms with van der Waals surface area (Å²) in [5.74, 6) is 0.326. The quantitative estimate of drug-likeness (QED) is 0.559. The van der Waals surface area contributed by atoms with Crippen LogP contribution >= 0.6 is 11.8 Å². The summed E-state index contributed by atoms with van der Waals surface area (Å²) in [5.41, 5.74) is 1.15. The van der Waals surface area contributed by atoms with Gasteiger partial charge in [-0.15, -0.1) is 11.8 Å². The first-order valence-electron chi connectivity index (χ1n) is 4.97. The van der Waals surface area contributed by atoms with E-state index in [2.05, 4.69) is 0 Å². The Morgan fingerprint density at radius 1 is 1.38 bits per heavy atom. The number of carbonyl (C=O) groups excluding carboxylic acids is 1. The molecule has 16 heavy (non-hydrogen) atoms. The SMILES string of the molecule is N#CCSCC(=O)OCCc1ccccc1. The van der Waals surface area contributed by atoms with Gasteiger partial charge in [-0.2, -0.15) is 5.26 Å². The topological polar surface area (TPSA) is 50.1 Å². The molecule has 0 aromatic heterocycles. The van der Waals surface area contributed by atoms with Gasteiger partial charge in [0.25, 0.3) is 0 Å². The molecule has 0 saturated heterocycles. The molecule has 0 unspecified atom stereocenters. The number of carbonyl (C=O) groups is 1. The summed E-state index contributed by atoms with van der Waals surface area (Å²) in [6, 6.07) is 11.8. The summed E-state index contributed by atoms with van der Waals surface area (Å²) in [4.78, 5) is 11.2. The van der Waals surface area contributed by atoms with Gasteiger partial charge < -0.3 is 4.74 Å². The van der Waals surface area contributed by atoms with Crippen molar-refractivity contribution in [2.45, 2.75) is 6.42 Å². The maximum Gasteiger partial charge on any atom is 0.315 e. The minimum atomic E-state index is -0.254. The van der Waals surface area contributed by atoms with Crippen molar-refractivity contribution < 1.29 is 9.53 Å². The number of nitrogens with zero attached hydrogens (tertiary/aromatic N) is 1. The van der Waals surface area contributed by atoms with E-state index in [0.717, 1.165) is 12.0 Å². The van der Waals surface area contributed by atoms with E-state index < -0.39 is 0 Å². The highest BCUT2D eigenvalue weighted by molar-refractivity contribution is 8.00. The van der Waals surface area contributed by atoms with Crippen LogP contribution in [0.1, 0.15) is 5.56 Å². The number of nitriles is 1. The maximum absolute atomic E-state index is 11.2. The third-order valence-electron chi connectivity index (χ3n) is 1.88. The van der Waals surface area contributed by atoms with E-state index in [0.29, 0.717) is 12.4 Å². The number of esters is 1. The molecule has 0 heterocycles. The normalized spacial score (nSPS) is 9.44. The Bertz CT molecular complexity index is 359. The van der Waals surface area contributed by atoms with Crippen molar-refractivity contribution in [2.75, 3.05) is 18.1 Å². The fourth-order valence-corrected chi connectivity index (χ4v) is 1.59. The monoisotopic (exact) mass is 235 g/mol. The predicted molar refractivity (Wildman–Crippen MR) is 64.0 cm³/mol. The van der Waals surface area contributed by atoms with Gasteiger partial charge in [0, 0.05) is 6.42 Å². The Morgan fingerprint density at radius 3 is 2.81 bits per heavy atom. The first-order valence-corrected chi connectivity index (χ1v) is 6.12. The van der Waals surface area contributed by atoms with Crippen LogP contribution in [0.25, 0.3) is 0 Å². The van der Waals surface area contributed by atoms with Gasteiger partial charge in [-0.25, -0.2) is 0 Å². The number of rotatable bonds is 6. The average molecular weight is 235 g/mol. The second kappa shape index (κ2) is 7.77. The molecule has 0 N–H and O–H groups in total. The van der Waals surface area contributed by atoms with E-state index in [1.165, 1.54) is 11.8 Å². The molecule has 84 valence electrons. The first-order chi connectivity index (χ1) is 7.83. The van der Waals surface area contributed by atoms with Crippen molar-refractivity contribution in [3.8, 4) is 6.07 Å². The van der Waals surface area contributed by atoms with Gasteiger partial charge >= 0.3 is 5.97 Å². The lowest BCUT2D eigenvalue weighted by atomic mass is 10.2. The Balaban J connectivity index is 2.12. The lowest BCUT2D eigenvalue weighted by Crippen LogP contribution is -2.10. The van der Waals surface area contributed by atoms with Crippen molar-refractivity contribution in [3.05, 3.63) is 35.9 Å². The molecule has 0 fully saturated rings. The van der Waals surface area contributed by atoms with Crippen molar-refractivity contribution in [2.24, 2.45) is 0 Å². The molecule has 3 nitrogen and oxygen atoms in total. The molecule has 0 aliphatic carbocycles. The number of ether oxygens (including phenoxy) is 1. The van der Waals surface area contributed by atoms with E-state index >= 15 is 0 Å². The van der Waals surface area contributed by atoms with E-state index in [1.807, 2.05) is 36.4 Å². The predicted octanol–water partition coefficient (Wildman–Crippen LogP) is 2.03. The molecule has 4 heteroatoms.